The first-order valence-corrected chi connectivity index (χ1v) is 7.22. The summed E-state index contributed by atoms with van der Waals surface area (Å²) >= 11 is 6.36. The van der Waals surface area contributed by atoms with Gasteiger partial charge in [0.15, 0.2) is 0 Å². The number of pyridine rings is 1. The topological polar surface area (TPSA) is 42.2 Å². The van der Waals surface area contributed by atoms with Crippen molar-refractivity contribution in [3.8, 4) is 0 Å². The molecule has 0 aromatic carbocycles. The first-order valence-electron chi connectivity index (χ1n) is 6.84. The zero-order chi connectivity index (χ0) is 13.0. The first-order chi connectivity index (χ1) is 8.76. The standard InChI is InChI=1S/C14H22ClN3/c1-2-3-11-5-8-18(9-6-11)14-13(15)12(10-16)4-7-17-14/h4,7,11H,2-3,5-6,8-10,16H2,1H3. The minimum absolute atomic E-state index is 0.473. The molecule has 2 heterocycles. The zero-order valence-corrected chi connectivity index (χ0v) is 11.8. The van der Waals surface area contributed by atoms with E-state index in [4.69, 9.17) is 17.3 Å². The molecule has 18 heavy (non-hydrogen) atoms. The van der Waals surface area contributed by atoms with Crippen molar-refractivity contribution >= 4 is 17.4 Å². The van der Waals surface area contributed by atoms with E-state index in [9.17, 15) is 0 Å². The van der Waals surface area contributed by atoms with Gasteiger partial charge in [-0.3, -0.25) is 0 Å². The van der Waals surface area contributed by atoms with Crippen molar-refractivity contribution in [1.82, 2.24) is 4.98 Å². The van der Waals surface area contributed by atoms with Crippen LogP contribution in [0.25, 0.3) is 0 Å². The lowest BCUT2D eigenvalue weighted by molar-refractivity contribution is 0.377. The number of anilines is 1. The molecule has 1 aromatic rings. The average Bonchev–Trinajstić information content (AvgIpc) is 2.41. The molecule has 0 atom stereocenters. The molecule has 4 heteroatoms. The minimum Gasteiger partial charge on any atom is -0.355 e. The summed E-state index contributed by atoms with van der Waals surface area (Å²) in [6, 6.07) is 1.90. The van der Waals surface area contributed by atoms with Gasteiger partial charge in [0.2, 0.25) is 0 Å². The lowest BCUT2D eigenvalue weighted by Gasteiger charge is -2.33. The molecular formula is C14H22ClN3. The van der Waals surface area contributed by atoms with Gasteiger partial charge >= 0.3 is 0 Å². The second-order valence-corrected chi connectivity index (χ2v) is 5.41. The van der Waals surface area contributed by atoms with Crippen LogP contribution in [0.2, 0.25) is 5.02 Å². The summed E-state index contributed by atoms with van der Waals surface area (Å²) in [6.45, 7) is 4.85. The van der Waals surface area contributed by atoms with Gasteiger partial charge in [-0.1, -0.05) is 31.4 Å². The molecule has 0 aliphatic carbocycles. The third kappa shape index (κ3) is 2.96. The second-order valence-electron chi connectivity index (χ2n) is 5.03. The molecule has 100 valence electrons. The molecule has 1 aliphatic rings. The van der Waals surface area contributed by atoms with Crippen molar-refractivity contribution in [2.24, 2.45) is 11.7 Å². The fraction of sp³-hybridized carbons (Fsp3) is 0.643. The average molecular weight is 268 g/mol. The number of nitrogens with two attached hydrogens (primary N) is 1. The van der Waals surface area contributed by atoms with Gasteiger partial charge in [0.1, 0.15) is 5.82 Å². The maximum absolute atomic E-state index is 6.36. The van der Waals surface area contributed by atoms with E-state index in [1.807, 2.05) is 12.3 Å². The van der Waals surface area contributed by atoms with E-state index in [1.165, 1.54) is 25.7 Å². The third-order valence-electron chi connectivity index (χ3n) is 3.78. The van der Waals surface area contributed by atoms with Crippen LogP contribution in [0.4, 0.5) is 5.82 Å². The summed E-state index contributed by atoms with van der Waals surface area (Å²) in [7, 11) is 0. The quantitative estimate of drug-likeness (QED) is 0.911. The third-order valence-corrected chi connectivity index (χ3v) is 4.19. The van der Waals surface area contributed by atoms with Crippen molar-refractivity contribution in [2.45, 2.75) is 39.2 Å². The number of hydrogen-bond acceptors (Lipinski definition) is 3. The smallest absolute Gasteiger partial charge is 0.147 e. The molecule has 1 aromatic heterocycles. The number of halogens is 1. The number of hydrogen-bond donors (Lipinski definition) is 1. The Morgan fingerprint density at radius 3 is 2.78 bits per heavy atom. The summed E-state index contributed by atoms with van der Waals surface area (Å²) in [6.07, 6.45) is 6.93. The summed E-state index contributed by atoms with van der Waals surface area (Å²) < 4.78 is 0. The Morgan fingerprint density at radius 2 is 2.17 bits per heavy atom. The molecule has 0 bridgehead atoms. The Morgan fingerprint density at radius 1 is 1.44 bits per heavy atom. The lowest BCUT2D eigenvalue weighted by Crippen LogP contribution is -2.34. The van der Waals surface area contributed by atoms with Crippen LogP contribution in [0.1, 0.15) is 38.2 Å². The van der Waals surface area contributed by atoms with Gasteiger partial charge in [0, 0.05) is 25.8 Å². The maximum Gasteiger partial charge on any atom is 0.147 e. The molecule has 1 fully saturated rings. The molecule has 2 rings (SSSR count). The molecule has 1 saturated heterocycles. The van der Waals surface area contributed by atoms with Crippen molar-refractivity contribution in [1.29, 1.82) is 0 Å². The van der Waals surface area contributed by atoms with E-state index in [0.29, 0.717) is 6.54 Å². The van der Waals surface area contributed by atoms with Crippen LogP contribution in [0.5, 0.6) is 0 Å². The van der Waals surface area contributed by atoms with E-state index in [2.05, 4.69) is 16.8 Å². The van der Waals surface area contributed by atoms with Crippen LogP contribution >= 0.6 is 11.6 Å². The first kappa shape index (κ1) is 13.6. The van der Waals surface area contributed by atoms with Gasteiger partial charge in [0.05, 0.1) is 5.02 Å². The second kappa shape index (κ2) is 6.39. The maximum atomic E-state index is 6.36. The Hall–Kier alpha value is -0.800. The molecule has 0 spiro atoms. The SMILES string of the molecule is CCCC1CCN(c2nccc(CN)c2Cl)CC1. The molecule has 1 aliphatic heterocycles. The predicted octanol–water partition coefficient (Wildman–Crippen LogP) is 3.21. The van der Waals surface area contributed by atoms with Crippen molar-refractivity contribution < 1.29 is 0 Å². The summed E-state index contributed by atoms with van der Waals surface area (Å²) in [5.74, 6) is 1.79. The molecule has 0 unspecified atom stereocenters. The number of aromatic nitrogens is 1. The summed E-state index contributed by atoms with van der Waals surface area (Å²) in [4.78, 5) is 6.72. The Bertz CT molecular complexity index is 387. The largest absolute Gasteiger partial charge is 0.355 e. The van der Waals surface area contributed by atoms with Crippen molar-refractivity contribution in [3.63, 3.8) is 0 Å². The predicted molar refractivity (Wildman–Crippen MR) is 77.0 cm³/mol. The minimum atomic E-state index is 0.473. The molecular weight excluding hydrogens is 246 g/mol. The van der Waals surface area contributed by atoms with Crippen LogP contribution in [0, 0.1) is 5.92 Å². The normalized spacial score (nSPS) is 17.2. The molecule has 0 radical (unpaired) electrons. The van der Waals surface area contributed by atoms with Crippen LogP contribution in [-0.4, -0.2) is 18.1 Å². The zero-order valence-electron chi connectivity index (χ0n) is 11.0. The highest BCUT2D eigenvalue weighted by Gasteiger charge is 2.21. The fourth-order valence-electron chi connectivity index (χ4n) is 2.69. The number of nitrogens with zero attached hydrogens (tertiary/aromatic N) is 2. The summed E-state index contributed by atoms with van der Waals surface area (Å²) in [5, 5.41) is 0.731. The van der Waals surface area contributed by atoms with Gasteiger partial charge in [-0.25, -0.2) is 4.98 Å². The lowest BCUT2D eigenvalue weighted by atomic mass is 9.92. The highest BCUT2D eigenvalue weighted by molar-refractivity contribution is 6.33. The number of rotatable bonds is 4. The van der Waals surface area contributed by atoms with Crippen LogP contribution in [0.3, 0.4) is 0 Å². The van der Waals surface area contributed by atoms with E-state index < -0.39 is 0 Å². The van der Waals surface area contributed by atoms with E-state index >= 15 is 0 Å². The van der Waals surface area contributed by atoms with Gasteiger partial charge < -0.3 is 10.6 Å². The highest BCUT2D eigenvalue weighted by Crippen LogP contribution is 2.31. The monoisotopic (exact) mass is 267 g/mol. The van der Waals surface area contributed by atoms with Gasteiger partial charge in [-0.05, 0) is 30.4 Å². The Balaban J connectivity index is 2.05. The van der Waals surface area contributed by atoms with Crippen molar-refractivity contribution in [2.75, 3.05) is 18.0 Å². The van der Waals surface area contributed by atoms with Gasteiger partial charge in [0.25, 0.3) is 0 Å². The van der Waals surface area contributed by atoms with Crippen molar-refractivity contribution in [3.05, 3.63) is 22.8 Å². The van der Waals surface area contributed by atoms with Crippen LogP contribution in [-0.2, 0) is 6.54 Å². The Kier molecular flexibility index (Phi) is 4.84. The fourth-order valence-corrected chi connectivity index (χ4v) is 3.00. The number of piperidine rings is 1. The van der Waals surface area contributed by atoms with Crippen LogP contribution < -0.4 is 10.6 Å². The van der Waals surface area contributed by atoms with Gasteiger partial charge in [-0.2, -0.15) is 0 Å². The van der Waals surface area contributed by atoms with E-state index in [-0.39, 0.29) is 0 Å². The molecule has 2 N–H and O–H groups in total. The van der Waals surface area contributed by atoms with E-state index in [1.54, 1.807) is 0 Å². The molecule has 0 amide bonds. The highest BCUT2D eigenvalue weighted by atomic mass is 35.5. The van der Waals surface area contributed by atoms with E-state index in [0.717, 1.165) is 35.4 Å². The molecule has 3 nitrogen and oxygen atoms in total. The summed E-state index contributed by atoms with van der Waals surface area (Å²) in [5.41, 5.74) is 6.66. The van der Waals surface area contributed by atoms with Gasteiger partial charge in [-0.15, -0.1) is 0 Å². The Labute approximate surface area is 114 Å². The molecule has 0 saturated carbocycles. The van der Waals surface area contributed by atoms with Crippen LogP contribution in [0.15, 0.2) is 12.3 Å².